The predicted octanol–water partition coefficient (Wildman–Crippen LogP) is 2.47. The molecule has 0 spiro atoms. The third-order valence-electron chi connectivity index (χ3n) is 3.42. The molecule has 0 aromatic heterocycles. The van der Waals surface area contributed by atoms with Crippen molar-refractivity contribution in [1.82, 2.24) is 4.90 Å². The Bertz CT molecular complexity index is 519. The minimum atomic E-state index is -0.755. The molecule has 1 aromatic carbocycles. The van der Waals surface area contributed by atoms with Crippen LogP contribution in [0.25, 0.3) is 0 Å². The molecule has 0 saturated carbocycles. The van der Waals surface area contributed by atoms with Gasteiger partial charge in [0.05, 0.1) is 11.0 Å². The SMILES string of the molecule is N#CC1CCN(Cc2cccc([N+](=O)[O-])c2F)CC1. The van der Waals surface area contributed by atoms with Crippen molar-refractivity contribution in [2.24, 2.45) is 5.92 Å². The van der Waals surface area contributed by atoms with Crippen molar-refractivity contribution in [3.63, 3.8) is 0 Å². The molecular formula is C13H14FN3O2. The van der Waals surface area contributed by atoms with E-state index in [0.717, 1.165) is 25.9 Å². The molecule has 0 radical (unpaired) electrons. The average Bonchev–Trinajstić information content (AvgIpc) is 2.41. The number of nitrogens with zero attached hydrogens (tertiary/aromatic N) is 3. The van der Waals surface area contributed by atoms with Crippen LogP contribution >= 0.6 is 0 Å². The number of halogens is 1. The van der Waals surface area contributed by atoms with E-state index in [2.05, 4.69) is 6.07 Å². The molecule has 0 aliphatic carbocycles. The zero-order valence-electron chi connectivity index (χ0n) is 10.4. The Morgan fingerprint density at radius 2 is 2.16 bits per heavy atom. The van der Waals surface area contributed by atoms with Gasteiger partial charge >= 0.3 is 5.69 Å². The zero-order chi connectivity index (χ0) is 13.8. The molecule has 0 amide bonds. The van der Waals surface area contributed by atoms with Crippen LogP contribution in [0.3, 0.4) is 0 Å². The Kier molecular flexibility index (Phi) is 4.07. The predicted molar refractivity (Wildman–Crippen MR) is 66.7 cm³/mol. The maximum Gasteiger partial charge on any atom is 0.305 e. The topological polar surface area (TPSA) is 70.2 Å². The number of nitro groups is 1. The van der Waals surface area contributed by atoms with Gasteiger partial charge in [0, 0.05) is 24.1 Å². The fourth-order valence-corrected chi connectivity index (χ4v) is 2.29. The van der Waals surface area contributed by atoms with Crippen molar-refractivity contribution < 1.29 is 9.31 Å². The third kappa shape index (κ3) is 3.06. The van der Waals surface area contributed by atoms with Gasteiger partial charge < -0.3 is 0 Å². The summed E-state index contributed by atoms with van der Waals surface area (Å²) in [5.74, 6) is -0.680. The van der Waals surface area contributed by atoms with Crippen molar-refractivity contribution in [3.8, 4) is 6.07 Å². The number of hydrogen-bond donors (Lipinski definition) is 0. The second-order valence-electron chi connectivity index (χ2n) is 4.69. The number of benzene rings is 1. The van der Waals surface area contributed by atoms with Crippen LogP contribution < -0.4 is 0 Å². The van der Waals surface area contributed by atoms with E-state index >= 15 is 0 Å². The lowest BCUT2D eigenvalue weighted by Crippen LogP contribution is -2.33. The van der Waals surface area contributed by atoms with Crippen molar-refractivity contribution in [2.45, 2.75) is 19.4 Å². The highest BCUT2D eigenvalue weighted by Gasteiger charge is 2.22. The molecular weight excluding hydrogens is 249 g/mol. The van der Waals surface area contributed by atoms with E-state index < -0.39 is 16.4 Å². The fraction of sp³-hybridized carbons (Fsp3) is 0.462. The smallest absolute Gasteiger partial charge is 0.299 e. The number of piperidine rings is 1. The molecule has 1 aliphatic heterocycles. The van der Waals surface area contributed by atoms with E-state index in [-0.39, 0.29) is 5.92 Å². The Morgan fingerprint density at radius 3 is 2.74 bits per heavy atom. The number of nitriles is 1. The number of likely N-dealkylation sites (tertiary alicyclic amines) is 1. The summed E-state index contributed by atoms with van der Waals surface area (Å²) in [7, 11) is 0. The fourth-order valence-electron chi connectivity index (χ4n) is 2.29. The number of hydrogen-bond acceptors (Lipinski definition) is 4. The van der Waals surface area contributed by atoms with E-state index in [1.807, 2.05) is 4.90 Å². The molecule has 1 saturated heterocycles. The third-order valence-corrected chi connectivity index (χ3v) is 3.42. The quantitative estimate of drug-likeness (QED) is 0.620. The summed E-state index contributed by atoms with van der Waals surface area (Å²) >= 11 is 0. The first-order valence-electron chi connectivity index (χ1n) is 6.15. The zero-order valence-corrected chi connectivity index (χ0v) is 10.4. The summed E-state index contributed by atoms with van der Waals surface area (Å²) in [5, 5.41) is 19.5. The van der Waals surface area contributed by atoms with Crippen LogP contribution in [-0.4, -0.2) is 22.9 Å². The van der Waals surface area contributed by atoms with Crippen LogP contribution in [0.5, 0.6) is 0 Å². The first-order valence-corrected chi connectivity index (χ1v) is 6.15. The highest BCUT2D eigenvalue weighted by molar-refractivity contribution is 5.36. The van der Waals surface area contributed by atoms with Crippen LogP contribution in [-0.2, 0) is 6.54 Å². The van der Waals surface area contributed by atoms with Gasteiger partial charge in [-0.1, -0.05) is 12.1 Å². The van der Waals surface area contributed by atoms with Crippen LogP contribution in [0.4, 0.5) is 10.1 Å². The van der Waals surface area contributed by atoms with E-state index in [0.29, 0.717) is 12.1 Å². The summed E-state index contributed by atoms with van der Waals surface area (Å²) in [6.07, 6.45) is 1.54. The van der Waals surface area contributed by atoms with Gasteiger partial charge in [-0.05, 0) is 25.9 Å². The standard InChI is InChI=1S/C13H14FN3O2/c14-13-11(2-1-3-12(13)17(18)19)9-16-6-4-10(8-15)5-7-16/h1-3,10H,4-7,9H2. The molecule has 0 bridgehead atoms. The van der Waals surface area contributed by atoms with Gasteiger partial charge in [-0.2, -0.15) is 9.65 Å². The van der Waals surface area contributed by atoms with E-state index in [1.54, 1.807) is 6.07 Å². The highest BCUT2D eigenvalue weighted by atomic mass is 19.1. The molecule has 0 unspecified atom stereocenters. The van der Waals surface area contributed by atoms with Crippen molar-refractivity contribution >= 4 is 5.69 Å². The van der Waals surface area contributed by atoms with E-state index in [9.17, 15) is 14.5 Å². The van der Waals surface area contributed by atoms with Gasteiger partial charge in [-0.15, -0.1) is 0 Å². The molecule has 6 heteroatoms. The average molecular weight is 263 g/mol. The molecule has 5 nitrogen and oxygen atoms in total. The summed E-state index contributed by atoms with van der Waals surface area (Å²) in [6, 6.07) is 6.47. The summed E-state index contributed by atoms with van der Waals surface area (Å²) in [5.41, 5.74) is -0.144. The van der Waals surface area contributed by atoms with Gasteiger partial charge in [0.2, 0.25) is 5.82 Å². The van der Waals surface area contributed by atoms with Gasteiger partial charge in [0.25, 0.3) is 0 Å². The van der Waals surface area contributed by atoms with Gasteiger partial charge in [-0.3, -0.25) is 15.0 Å². The largest absolute Gasteiger partial charge is 0.305 e. The van der Waals surface area contributed by atoms with Crippen molar-refractivity contribution in [3.05, 3.63) is 39.7 Å². The maximum atomic E-state index is 13.9. The van der Waals surface area contributed by atoms with Crippen LogP contribution in [0.2, 0.25) is 0 Å². The van der Waals surface area contributed by atoms with Crippen LogP contribution in [0, 0.1) is 33.2 Å². The maximum absolute atomic E-state index is 13.9. The van der Waals surface area contributed by atoms with Gasteiger partial charge in [-0.25, -0.2) is 0 Å². The Labute approximate surface area is 110 Å². The highest BCUT2D eigenvalue weighted by Crippen LogP contribution is 2.23. The lowest BCUT2D eigenvalue weighted by atomic mass is 9.98. The molecule has 1 aliphatic rings. The molecule has 0 atom stereocenters. The first-order chi connectivity index (χ1) is 9.11. The normalized spacial score (nSPS) is 17.1. The second kappa shape index (κ2) is 5.76. The monoisotopic (exact) mass is 263 g/mol. The van der Waals surface area contributed by atoms with Gasteiger partial charge in [0.15, 0.2) is 0 Å². The van der Waals surface area contributed by atoms with Gasteiger partial charge in [0.1, 0.15) is 0 Å². The lowest BCUT2D eigenvalue weighted by molar-refractivity contribution is -0.387. The lowest BCUT2D eigenvalue weighted by Gasteiger charge is -2.28. The second-order valence-corrected chi connectivity index (χ2v) is 4.69. The molecule has 1 heterocycles. The van der Waals surface area contributed by atoms with Crippen molar-refractivity contribution in [2.75, 3.05) is 13.1 Å². The molecule has 1 aromatic rings. The van der Waals surface area contributed by atoms with Crippen LogP contribution in [0.1, 0.15) is 18.4 Å². The summed E-state index contributed by atoms with van der Waals surface area (Å²) in [4.78, 5) is 12.0. The Morgan fingerprint density at radius 1 is 1.47 bits per heavy atom. The van der Waals surface area contributed by atoms with Crippen LogP contribution in [0.15, 0.2) is 18.2 Å². The minimum Gasteiger partial charge on any atom is -0.299 e. The Hall–Kier alpha value is -2.00. The molecule has 2 rings (SSSR count). The minimum absolute atomic E-state index is 0.0752. The van der Waals surface area contributed by atoms with Crippen molar-refractivity contribution in [1.29, 1.82) is 5.26 Å². The molecule has 0 N–H and O–H groups in total. The summed E-state index contributed by atoms with van der Waals surface area (Å²) in [6.45, 7) is 1.80. The number of nitro benzene ring substituents is 1. The number of rotatable bonds is 3. The Balaban J connectivity index is 2.06. The molecule has 1 fully saturated rings. The van der Waals surface area contributed by atoms with E-state index in [1.165, 1.54) is 12.1 Å². The summed E-state index contributed by atoms with van der Waals surface area (Å²) < 4.78 is 13.9. The van der Waals surface area contributed by atoms with E-state index in [4.69, 9.17) is 5.26 Å². The first kappa shape index (κ1) is 13.4. The molecule has 100 valence electrons. The molecule has 19 heavy (non-hydrogen) atoms.